The number of hydrogen-bond donors (Lipinski definition) is 5. The topological polar surface area (TPSA) is 127 Å². The first-order chi connectivity index (χ1) is 4.87. The van der Waals surface area contributed by atoms with Crippen molar-refractivity contribution >= 4 is 102 Å². The van der Waals surface area contributed by atoms with Crippen LogP contribution in [0.5, 0.6) is 0 Å². The summed E-state index contributed by atoms with van der Waals surface area (Å²) in [6.45, 7) is -0.875. The molecule has 0 fully saturated rings. The largest absolute Gasteiger partial charge is 0.480 e. The van der Waals surface area contributed by atoms with Crippen LogP contribution < -0.4 is 5.09 Å². The van der Waals surface area contributed by atoms with Gasteiger partial charge in [0.25, 0.3) is 0 Å². The summed E-state index contributed by atoms with van der Waals surface area (Å²) in [6.07, 6.45) is 0. The zero-order valence-corrected chi connectivity index (χ0v) is 15.2. The van der Waals surface area contributed by atoms with Gasteiger partial charge in [-0.3, -0.25) is 4.79 Å². The zero-order chi connectivity index (χ0) is 9.07. The number of aliphatic carboxylic acids is 1. The first kappa shape index (κ1) is 25.4. The van der Waals surface area contributed by atoms with Crippen LogP contribution in [0.2, 0.25) is 0 Å². The summed E-state index contributed by atoms with van der Waals surface area (Å²) < 4.78 is 10.1. The van der Waals surface area contributed by atoms with E-state index >= 15 is 0 Å². The minimum atomic E-state index is -4.58. The van der Waals surface area contributed by atoms with Gasteiger partial charge in [0.2, 0.25) is 0 Å². The molecule has 0 aromatic heterocycles. The summed E-state index contributed by atoms with van der Waals surface area (Å²) >= 11 is 0. The fourth-order valence-corrected chi connectivity index (χ4v) is 0.975. The zero-order valence-electron chi connectivity index (χ0n) is 8.34. The van der Waals surface area contributed by atoms with Crippen molar-refractivity contribution in [1.29, 1.82) is 0 Å². The van der Waals surface area contributed by atoms with Gasteiger partial charge in [0.1, 0.15) is 6.04 Å². The first-order valence-corrected chi connectivity index (χ1v) is 4.15. The molecule has 14 heavy (non-hydrogen) atoms. The van der Waals surface area contributed by atoms with Crippen LogP contribution in [0, 0.1) is 0 Å². The number of aliphatic hydroxyl groups excluding tert-OH is 1. The second-order valence-electron chi connectivity index (χ2n) is 1.75. The molecule has 11 heteroatoms. The van der Waals surface area contributed by atoms with Crippen molar-refractivity contribution in [2.75, 3.05) is 6.61 Å². The second kappa shape index (κ2) is 12.0. The van der Waals surface area contributed by atoms with Gasteiger partial charge < -0.3 is 20.0 Å². The van der Waals surface area contributed by atoms with Crippen LogP contribution in [0.4, 0.5) is 0 Å². The molecule has 0 amide bonds. The minimum Gasteiger partial charge on any atom is -0.480 e. The van der Waals surface area contributed by atoms with Gasteiger partial charge >= 0.3 is 13.7 Å². The van der Waals surface area contributed by atoms with Crippen LogP contribution in [0.25, 0.3) is 0 Å². The van der Waals surface area contributed by atoms with Gasteiger partial charge in [-0.15, -0.1) is 0 Å². The Bertz CT molecular complexity index is 197. The summed E-state index contributed by atoms with van der Waals surface area (Å²) in [6, 6.07) is -1.63. The molecule has 0 rings (SSSR count). The molecule has 3 radical (unpaired) electrons. The Morgan fingerprint density at radius 3 is 1.71 bits per heavy atom. The standard InChI is InChI=1S/C3H8NO6P.3Na/c5-1-2(3(6)7)4-11(8,9)10;;;/h2,5H,1H2,(H,6,7)(H3,4,8,9,10);;;/t2-;;;/m0.../s1. The Labute approximate surface area is 147 Å². The average Bonchev–Trinajstić information content (AvgIpc) is 1.80. The predicted molar refractivity (Wildman–Crippen MR) is 51.0 cm³/mol. The Kier molecular flexibility index (Phi) is 21.8. The molecule has 0 bridgehead atoms. The predicted octanol–water partition coefficient (Wildman–Crippen LogP) is -3.03. The van der Waals surface area contributed by atoms with Gasteiger partial charge in [0.05, 0.1) is 6.61 Å². The number of hydrogen-bond acceptors (Lipinski definition) is 3. The average molecular weight is 254 g/mol. The molecule has 0 saturated carbocycles. The molecule has 0 aliphatic rings. The first-order valence-electron chi connectivity index (χ1n) is 2.54. The maximum Gasteiger partial charge on any atom is 0.401 e. The van der Waals surface area contributed by atoms with Crippen molar-refractivity contribution in [1.82, 2.24) is 5.09 Å². The Balaban J connectivity index is -0.000000167. The van der Waals surface area contributed by atoms with Crippen molar-refractivity contribution in [2.24, 2.45) is 0 Å². The maximum atomic E-state index is 10.1. The van der Waals surface area contributed by atoms with Gasteiger partial charge in [0, 0.05) is 88.7 Å². The van der Waals surface area contributed by atoms with Gasteiger partial charge in [-0.1, -0.05) is 0 Å². The van der Waals surface area contributed by atoms with E-state index in [1.165, 1.54) is 5.09 Å². The SMILES string of the molecule is O=C(O)[C@H](CO)NP(=O)(O)O.[Na].[Na].[Na]. The summed E-state index contributed by atoms with van der Waals surface area (Å²) in [5, 5.41) is 17.9. The molecule has 69 valence electrons. The number of carbonyl (C=O) groups is 1. The van der Waals surface area contributed by atoms with Gasteiger partial charge in [-0.2, -0.15) is 0 Å². The monoisotopic (exact) mass is 254 g/mol. The summed E-state index contributed by atoms with van der Waals surface area (Å²) in [5.74, 6) is -1.52. The molecular formula is C3H8NNa3O6P. The van der Waals surface area contributed by atoms with Crippen LogP contribution in [-0.4, -0.2) is 127 Å². The van der Waals surface area contributed by atoms with E-state index in [4.69, 9.17) is 20.0 Å². The van der Waals surface area contributed by atoms with Crippen LogP contribution in [0.1, 0.15) is 0 Å². The Hall–Kier alpha value is 2.54. The summed E-state index contributed by atoms with van der Waals surface area (Å²) in [5.41, 5.74) is 0. The fraction of sp³-hybridized carbons (Fsp3) is 0.667. The number of nitrogens with one attached hydrogen (secondary N) is 1. The van der Waals surface area contributed by atoms with Crippen molar-refractivity contribution in [3.8, 4) is 0 Å². The molecule has 7 nitrogen and oxygen atoms in total. The molecule has 0 aliphatic heterocycles. The van der Waals surface area contributed by atoms with Crippen molar-refractivity contribution < 1.29 is 29.4 Å². The molecule has 0 spiro atoms. The third-order valence-electron chi connectivity index (χ3n) is 0.805. The molecule has 0 unspecified atom stereocenters. The fourth-order valence-electron chi connectivity index (χ4n) is 0.377. The molecular weight excluding hydrogens is 246 g/mol. The molecule has 1 atom stereocenters. The summed E-state index contributed by atoms with van der Waals surface area (Å²) in [7, 11) is -4.58. The minimum absolute atomic E-state index is 0. The van der Waals surface area contributed by atoms with Gasteiger partial charge in [-0.25, -0.2) is 9.65 Å². The molecule has 0 saturated heterocycles. The van der Waals surface area contributed by atoms with E-state index in [9.17, 15) is 9.36 Å². The van der Waals surface area contributed by atoms with E-state index < -0.39 is 26.4 Å². The maximum absolute atomic E-state index is 10.1. The van der Waals surface area contributed by atoms with E-state index in [0.717, 1.165) is 0 Å². The van der Waals surface area contributed by atoms with E-state index in [1.54, 1.807) is 0 Å². The Morgan fingerprint density at radius 2 is 1.64 bits per heavy atom. The van der Waals surface area contributed by atoms with E-state index in [2.05, 4.69) is 0 Å². The number of rotatable bonds is 4. The van der Waals surface area contributed by atoms with Crippen LogP contribution in [-0.2, 0) is 9.36 Å². The normalized spacial score (nSPS) is 11.4. The Morgan fingerprint density at radius 1 is 1.29 bits per heavy atom. The van der Waals surface area contributed by atoms with Crippen LogP contribution in [0.15, 0.2) is 0 Å². The number of carboxylic acid groups (broad SMARTS) is 1. The van der Waals surface area contributed by atoms with Crippen LogP contribution in [0.3, 0.4) is 0 Å². The van der Waals surface area contributed by atoms with Gasteiger partial charge in [-0.05, 0) is 0 Å². The van der Waals surface area contributed by atoms with Gasteiger partial charge in [0.15, 0.2) is 0 Å². The third kappa shape index (κ3) is 14.5. The number of aliphatic hydroxyl groups is 1. The summed E-state index contributed by atoms with van der Waals surface area (Å²) in [4.78, 5) is 26.4. The van der Waals surface area contributed by atoms with Crippen molar-refractivity contribution in [3.63, 3.8) is 0 Å². The molecule has 0 aromatic rings. The number of carboxylic acids is 1. The third-order valence-corrected chi connectivity index (χ3v) is 1.45. The molecule has 5 N–H and O–H groups in total. The second-order valence-corrected chi connectivity index (χ2v) is 3.09. The molecule has 0 heterocycles. The van der Waals surface area contributed by atoms with Crippen LogP contribution >= 0.6 is 7.75 Å². The van der Waals surface area contributed by atoms with Crippen molar-refractivity contribution in [2.45, 2.75) is 6.04 Å². The quantitative estimate of drug-likeness (QED) is 0.267. The van der Waals surface area contributed by atoms with E-state index in [0.29, 0.717) is 0 Å². The smallest absolute Gasteiger partial charge is 0.401 e. The van der Waals surface area contributed by atoms with E-state index in [1.807, 2.05) is 0 Å². The molecule has 0 aliphatic carbocycles. The van der Waals surface area contributed by atoms with Crippen molar-refractivity contribution in [3.05, 3.63) is 0 Å². The molecule has 0 aromatic carbocycles. The van der Waals surface area contributed by atoms with E-state index in [-0.39, 0.29) is 88.7 Å².